The van der Waals surface area contributed by atoms with Gasteiger partial charge in [0.2, 0.25) is 5.91 Å². The largest absolute Gasteiger partial charge is 0.339 e. The predicted octanol–water partition coefficient (Wildman–Crippen LogP) is 5.20. The van der Waals surface area contributed by atoms with Crippen molar-refractivity contribution in [2.24, 2.45) is 0 Å². The van der Waals surface area contributed by atoms with Crippen molar-refractivity contribution in [1.82, 2.24) is 9.88 Å². The average Bonchev–Trinajstić information content (AvgIpc) is 3.14. The van der Waals surface area contributed by atoms with E-state index in [0.717, 1.165) is 27.6 Å². The minimum Gasteiger partial charge on any atom is -0.339 e. The fourth-order valence-electron chi connectivity index (χ4n) is 2.63. The molecule has 1 amide bonds. The summed E-state index contributed by atoms with van der Waals surface area (Å²) in [6.45, 7) is 2.63. The highest BCUT2D eigenvalue weighted by Gasteiger charge is 2.25. The van der Waals surface area contributed by atoms with Gasteiger partial charge in [-0.1, -0.05) is 55.5 Å². The third-order valence-electron chi connectivity index (χ3n) is 4.00. The molecule has 3 aromatic rings. The monoisotopic (exact) mass is 382 g/mol. The van der Waals surface area contributed by atoms with Gasteiger partial charge in [0.15, 0.2) is 0 Å². The maximum Gasteiger partial charge on any atom is 0.240 e. The summed E-state index contributed by atoms with van der Waals surface area (Å²) in [7, 11) is 1.86. The first-order valence-electron chi connectivity index (χ1n) is 8.62. The zero-order chi connectivity index (χ0) is 18.4. The van der Waals surface area contributed by atoms with E-state index in [4.69, 9.17) is 0 Å². The summed E-state index contributed by atoms with van der Waals surface area (Å²) in [4.78, 5) is 20.7. The van der Waals surface area contributed by atoms with Gasteiger partial charge in [-0.2, -0.15) is 0 Å². The third kappa shape index (κ3) is 4.74. The van der Waals surface area contributed by atoms with E-state index in [0.29, 0.717) is 6.54 Å². The normalized spacial score (nSPS) is 11.9. The summed E-state index contributed by atoms with van der Waals surface area (Å²) in [6, 6.07) is 20.1. The number of likely N-dealkylation sites (N-methyl/N-ethyl adjacent to an activating group) is 1. The SMILES string of the molecule is CCc1nc(CN(C)C(=O)C(Sc2ccccc2)c2ccccc2)cs1. The third-order valence-corrected chi connectivity index (χ3v) is 6.30. The van der Waals surface area contributed by atoms with Gasteiger partial charge in [0, 0.05) is 17.3 Å². The van der Waals surface area contributed by atoms with Crippen LogP contribution in [0.3, 0.4) is 0 Å². The number of hydrogen-bond donors (Lipinski definition) is 0. The molecule has 1 aromatic heterocycles. The number of amides is 1. The van der Waals surface area contributed by atoms with Gasteiger partial charge in [-0.15, -0.1) is 23.1 Å². The van der Waals surface area contributed by atoms with Crippen LogP contribution in [0, 0.1) is 0 Å². The molecule has 0 saturated carbocycles. The van der Waals surface area contributed by atoms with E-state index in [-0.39, 0.29) is 11.2 Å². The van der Waals surface area contributed by atoms with Crippen LogP contribution in [0.5, 0.6) is 0 Å². The number of benzene rings is 2. The Morgan fingerprint density at radius 1 is 1.12 bits per heavy atom. The number of aryl methyl sites for hydroxylation is 1. The van der Waals surface area contributed by atoms with E-state index in [1.54, 1.807) is 28.0 Å². The van der Waals surface area contributed by atoms with E-state index in [2.05, 4.69) is 11.9 Å². The second-order valence-electron chi connectivity index (χ2n) is 6.00. The molecule has 0 N–H and O–H groups in total. The Morgan fingerprint density at radius 3 is 2.38 bits per heavy atom. The van der Waals surface area contributed by atoms with Gasteiger partial charge in [0.1, 0.15) is 5.25 Å². The number of nitrogens with zero attached hydrogens (tertiary/aromatic N) is 2. The molecule has 0 radical (unpaired) electrons. The Kier molecular flexibility index (Phi) is 6.47. The van der Waals surface area contributed by atoms with Crippen molar-refractivity contribution in [3.8, 4) is 0 Å². The second kappa shape index (κ2) is 9.01. The lowest BCUT2D eigenvalue weighted by molar-refractivity contribution is -0.130. The highest BCUT2D eigenvalue weighted by molar-refractivity contribution is 8.00. The highest BCUT2D eigenvalue weighted by Crippen LogP contribution is 2.36. The smallest absolute Gasteiger partial charge is 0.240 e. The zero-order valence-corrected chi connectivity index (χ0v) is 16.6. The lowest BCUT2D eigenvalue weighted by atomic mass is 10.1. The number of thioether (sulfide) groups is 1. The van der Waals surface area contributed by atoms with E-state index < -0.39 is 0 Å². The van der Waals surface area contributed by atoms with Crippen molar-refractivity contribution in [2.75, 3.05) is 7.05 Å². The van der Waals surface area contributed by atoms with Gasteiger partial charge in [-0.05, 0) is 24.1 Å². The Labute approximate surface area is 163 Å². The molecule has 0 aliphatic heterocycles. The highest BCUT2D eigenvalue weighted by atomic mass is 32.2. The molecule has 1 heterocycles. The van der Waals surface area contributed by atoms with Crippen molar-refractivity contribution in [2.45, 2.75) is 30.0 Å². The van der Waals surface area contributed by atoms with Crippen molar-refractivity contribution in [1.29, 1.82) is 0 Å². The van der Waals surface area contributed by atoms with Gasteiger partial charge in [-0.25, -0.2) is 4.98 Å². The molecule has 2 aromatic carbocycles. The first-order valence-corrected chi connectivity index (χ1v) is 10.4. The van der Waals surface area contributed by atoms with E-state index in [9.17, 15) is 4.79 Å². The Bertz CT molecular complexity index is 833. The summed E-state index contributed by atoms with van der Waals surface area (Å²) in [5, 5.41) is 2.89. The Balaban J connectivity index is 1.79. The van der Waals surface area contributed by atoms with Crippen LogP contribution < -0.4 is 0 Å². The van der Waals surface area contributed by atoms with Gasteiger partial charge in [0.05, 0.1) is 17.2 Å². The summed E-state index contributed by atoms with van der Waals surface area (Å²) in [6.07, 6.45) is 0.929. The van der Waals surface area contributed by atoms with Gasteiger partial charge >= 0.3 is 0 Å². The molecular weight excluding hydrogens is 360 g/mol. The molecule has 0 spiro atoms. The van der Waals surface area contributed by atoms with E-state index in [1.165, 1.54) is 0 Å². The molecule has 3 nitrogen and oxygen atoms in total. The van der Waals surface area contributed by atoms with Crippen LogP contribution in [-0.2, 0) is 17.8 Å². The number of hydrogen-bond acceptors (Lipinski definition) is 4. The van der Waals surface area contributed by atoms with E-state index >= 15 is 0 Å². The molecule has 0 fully saturated rings. The van der Waals surface area contributed by atoms with E-state index in [1.807, 2.05) is 73.1 Å². The zero-order valence-electron chi connectivity index (χ0n) is 15.0. The van der Waals surface area contributed by atoms with Gasteiger partial charge < -0.3 is 4.90 Å². The molecule has 0 bridgehead atoms. The molecule has 3 rings (SSSR count). The van der Waals surface area contributed by atoms with Crippen molar-refractivity contribution in [3.63, 3.8) is 0 Å². The maximum absolute atomic E-state index is 13.2. The number of thiazole rings is 1. The minimum absolute atomic E-state index is 0.0936. The molecule has 0 aliphatic rings. The fraction of sp³-hybridized carbons (Fsp3) is 0.238. The number of rotatable bonds is 7. The van der Waals surface area contributed by atoms with Crippen LogP contribution in [0.25, 0.3) is 0 Å². The summed E-state index contributed by atoms with van der Waals surface area (Å²) >= 11 is 3.25. The second-order valence-corrected chi connectivity index (χ2v) is 8.12. The molecule has 1 unspecified atom stereocenters. The fourth-order valence-corrected chi connectivity index (χ4v) is 4.53. The molecule has 5 heteroatoms. The molecule has 0 aliphatic carbocycles. The first-order chi connectivity index (χ1) is 12.7. The maximum atomic E-state index is 13.2. The van der Waals surface area contributed by atoms with Crippen LogP contribution in [0.2, 0.25) is 0 Å². The van der Waals surface area contributed by atoms with Crippen LogP contribution in [0.4, 0.5) is 0 Å². The van der Waals surface area contributed by atoms with Crippen LogP contribution in [0.1, 0.15) is 28.4 Å². The van der Waals surface area contributed by atoms with Crippen molar-refractivity contribution in [3.05, 3.63) is 82.3 Å². The first kappa shape index (κ1) is 18.7. The minimum atomic E-state index is -0.270. The molecule has 1 atom stereocenters. The van der Waals surface area contributed by atoms with Crippen LogP contribution in [0.15, 0.2) is 70.9 Å². The lowest BCUT2D eigenvalue weighted by Crippen LogP contribution is -2.30. The molecule has 26 heavy (non-hydrogen) atoms. The quantitative estimate of drug-likeness (QED) is 0.527. The van der Waals surface area contributed by atoms with Crippen molar-refractivity contribution >= 4 is 29.0 Å². The average molecular weight is 383 g/mol. The summed E-state index contributed by atoms with van der Waals surface area (Å²) < 4.78 is 0. The predicted molar refractivity (Wildman–Crippen MR) is 109 cm³/mol. The Morgan fingerprint density at radius 2 is 1.77 bits per heavy atom. The van der Waals surface area contributed by atoms with Gasteiger partial charge in [0.25, 0.3) is 0 Å². The van der Waals surface area contributed by atoms with Crippen LogP contribution in [-0.4, -0.2) is 22.8 Å². The Hall–Kier alpha value is -2.11. The summed E-state index contributed by atoms with van der Waals surface area (Å²) in [5.74, 6) is 0.0936. The standard InChI is InChI=1S/C21H22N2OS2/c1-3-19-22-17(15-25-19)14-23(2)21(24)20(16-10-6-4-7-11-16)26-18-12-8-5-9-13-18/h4-13,15,20H,3,14H2,1-2H3. The molecule has 0 saturated heterocycles. The number of carbonyl (C=O) groups excluding carboxylic acids is 1. The van der Waals surface area contributed by atoms with Crippen LogP contribution >= 0.6 is 23.1 Å². The lowest BCUT2D eigenvalue weighted by Gasteiger charge is -2.23. The number of carbonyl (C=O) groups is 1. The topological polar surface area (TPSA) is 33.2 Å². The van der Waals surface area contributed by atoms with Crippen molar-refractivity contribution < 1.29 is 4.79 Å². The number of aromatic nitrogens is 1. The summed E-state index contributed by atoms with van der Waals surface area (Å²) in [5.41, 5.74) is 1.98. The van der Waals surface area contributed by atoms with Gasteiger partial charge in [-0.3, -0.25) is 4.79 Å². The molecule has 134 valence electrons. The molecular formula is C21H22N2OS2.